The van der Waals surface area contributed by atoms with Gasteiger partial charge in [-0.1, -0.05) is 0 Å². The van der Waals surface area contributed by atoms with E-state index in [1.807, 2.05) is 14.0 Å². The van der Waals surface area contributed by atoms with E-state index in [-0.39, 0.29) is 18.5 Å². The monoisotopic (exact) mass is 145 g/mol. The third kappa shape index (κ3) is 4.29. The highest BCUT2D eigenvalue weighted by Gasteiger charge is 2.02. The molecule has 0 radical (unpaired) electrons. The Balaban J connectivity index is 3.37. The van der Waals surface area contributed by atoms with E-state index in [2.05, 4.69) is 10.6 Å². The molecule has 60 valence electrons. The largest absolute Gasteiger partial charge is 0.351 e. The lowest BCUT2D eigenvalue weighted by Crippen LogP contribution is -2.41. The summed E-state index contributed by atoms with van der Waals surface area (Å²) >= 11 is 0. The van der Waals surface area contributed by atoms with E-state index in [1.54, 1.807) is 0 Å². The molecule has 0 saturated carbocycles. The Labute approximate surface area is 61.2 Å². The van der Waals surface area contributed by atoms with Crippen molar-refractivity contribution >= 4 is 5.91 Å². The van der Waals surface area contributed by atoms with Gasteiger partial charge in [0.2, 0.25) is 5.91 Å². The van der Waals surface area contributed by atoms with Gasteiger partial charge in [0.1, 0.15) is 0 Å². The highest BCUT2D eigenvalue weighted by atomic mass is 16.1. The first-order valence-electron chi connectivity index (χ1n) is 3.34. The number of hydrogen-bond acceptors (Lipinski definition) is 3. The van der Waals surface area contributed by atoms with E-state index >= 15 is 0 Å². The summed E-state index contributed by atoms with van der Waals surface area (Å²) in [6.45, 7) is 2.75. The van der Waals surface area contributed by atoms with Crippen LogP contribution < -0.4 is 16.4 Å². The number of rotatable bonds is 4. The van der Waals surface area contributed by atoms with E-state index in [4.69, 9.17) is 5.73 Å². The van der Waals surface area contributed by atoms with Gasteiger partial charge >= 0.3 is 0 Å². The van der Waals surface area contributed by atoms with Crippen LogP contribution in [0.2, 0.25) is 0 Å². The van der Waals surface area contributed by atoms with Gasteiger partial charge in [-0.3, -0.25) is 4.79 Å². The topological polar surface area (TPSA) is 67.1 Å². The number of likely N-dealkylation sites (N-methyl/N-ethyl adjacent to an activating group) is 1. The molecule has 0 heterocycles. The van der Waals surface area contributed by atoms with Crippen LogP contribution in [0, 0.1) is 0 Å². The van der Waals surface area contributed by atoms with Gasteiger partial charge in [0, 0.05) is 12.6 Å². The molecular weight excluding hydrogens is 130 g/mol. The lowest BCUT2D eigenvalue weighted by Gasteiger charge is -2.11. The minimum absolute atomic E-state index is 0.0635. The maximum absolute atomic E-state index is 10.6. The Morgan fingerprint density at radius 2 is 2.30 bits per heavy atom. The van der Waals surface area contributed by atoms with Gasteiger partial charge in [0.05, 0.1) is 6.54 Å². The van der Waals surface area contributed by atoms with Crippen molar-refractivity contribution in [3.05, 3.63) is 0 Å². The molecular formula is C6H15N3O. The van der Waals surface area contributed by atoms with Crippen LogP contribution in [-0.2, 0) is 4.79 Å². The Morgan fingerprint density at radius 3 is 2.70 bits per heavy atom. The van der Waals surface area contributed by atoms with Gasteiger partial charge in [-0.15, -0.1) is 0 Å². The van der Waals surface area contributed by atoms with E-state index in [1.165, 1.54) is 0 Å². The summed E-state index contributed by atoms with van der Waals surface area (Å²) in [6, 6.07) is 0.154. The molecule has 0 spiro atoms. The second-order valence-corrected chi connectivity index (χ2v) is 2.23. The minimum atomic E-state index is -0.109. The Morgan fingerprint density at radius 1 is 1.70 bits per heavy atom. The predicted molar refractivity (Wildman–Crippen MR) is 40.6 cm³/mol. The van der Waals surface area contributed by atoms with Gasteiger partial charge in [-0.25, -0.2) is 0 Å². The summed E-state index contributed by atoms with van der Waals surface area (Å²) in [5.74, 6) is -0.109. The average molecular weight is 145 g/mol. The molecule has 4 heteroatoms. The van der Waals surface area contributed by atoms with Crippen LogP contribution in [0.1, 0.15) is 6.92 Å². The summed E-state index contributed by atoms with van der Waals surface area (Å²) in [5.41, 5.74) is 5.08. The number of nitrogens with one attached hydrogen (secondary N) is 2. The molecule has 0 aromatic carbocycles. The quantitative estimate of drug-likeness (QED) is 0.459. The lowest BCUT2D eigenvalue weighted by atomic mass is 10.3. The first-order valence-corrected chi connectivity index (χ1v) is 3.34. The average Bonchev–Trinajstić information content (AvgIpc) is 1.88. The van der Waals surface area contributed by atoms with E-state index in [0.29, 0.717) is 0 Å². The van der Waals surface area contributed by atoms with Crippen molar-refractivity contribution in [1.82, 2.24) is 10.6 Å². The van der Waals surface area contributed by atoms with Crippen molar-refractivity contribution in [3.63, 3.8) is 0 Å². The number of nitrogens with two attached hydrogens (primary N) is 1. The third-order valence-electron chi connectivity index (χ3n) is 1.10. The van der Waals surface area contributed by atoms with Crippen LogP contribution in [0.25, 0.3) is 0 Å². The van der Waals surface area contributed by atoms with Crippen molar-refractivity contribution in [2.45, 2.75) is 13.0 Å². The highest BCUT2D eigenvalue weighted by molar-refractivity contribution is 5.77. The smallest absolute Gasteiger partial charge is 0.233 e. The number of carbonyl (C=O) groups excluding carboxylic acids is 1. The third-order valence-corrected chi connectivity index (χ3v) is 1.10. The van der Waals surface area contributed by atoms with Crippen LogP contribution in [0.4, 0.5) is 0 Å². The van der Waals surface area contributed by atoms with Gasteiger partial charge in [-0.2, -0.15) is 0 Å². The standard InChI is InChI=1S/C6H15N3O/c1-5(4-8-2)9-6(10)3-7/h5,8H,3-4,7H2,1-2H3,(H,9,10). The first-order chi connectivity index (χ1) is 4.70. The van der Waals surface area contributed by atoms with E-state index < -0.39 is 0 Å². The molecule has 0 fully saturated rings. The molecule has 1 amide bonds. The zero-order valence-electron chi connectivity index (χ0n) is 6.48. The zero-order chi connectivity index (χ0) is 7.98. The molecule has 4 nitrogen and oxygen atoms in total. The molecule has 0 saturated heterocycles. The van der Waals surface area contributed by atoms with Crippen LogP contribution in [0.15, 0.2) is 0 Å². The van der Waals surface area contributed by atoms with Crippen molar-refractivity contribution < 1.29 is 4.79 Å². The van der Waals surface area contributed by atoms with Crippen molar-refractivity contribution in [2.75, 3.05) is 20.1 Å². The molecule has 0 aliphatic rings. The molecule has 0 aliphatic carbocycles. The van der Waals surface area contributed by atoms with Crippen LogP contribution in [0.5, 0.6) is 0 Å². The highest BCUT2D eigenvalue weighted by Crippen LogP contribution is 1.75. The Kier molecular flexibility index (Phi) is 4.88. The van der Waals surface area contributed by atoms with Gasteiger partial charge in [0.25, 0.3) is 0 Å². The summed E-state index contributed by atoms with van der Waals surface area (Å²) in [7, 11) is 1.84. The summed E-state index contributed by atoms with van der Waals surface area (Å²) in [5, 5.41) is 5.65. The molecule has 4 N–H and O–H groups in total. The van der Waals surface area contributed by atoms with E-state index in [0.717, 1.165) is 6.54 Å². The Bertz CT molecular complexity index is 105. The van der Waals surface area contributed by atoms with Gasteiger partial charge in [0.15, 0.2) is 0 Å². The lowest BCUT2D eigenvalue weighted by molar-refractivity contribution is -0.120. The van der Waals surface area contributed by atoms with E-state index in [9.17, 15) is 4.79 Å². The SMILES string of the molecule is CNCC(C)NC(=O)CN. The molecule has 0 bridgehead atoms. The summed E-state index contributed by atoms with van der Waals surface area (Å²) < 4.78 is 0. The maximum atomic E-state index is 10.6. The van der Waals surface area contributed by atoms with Crippen molar-refractivity contribution in [2.24, 2.45) is 5.73 Å². The molecule has 0 rings (SSSR count). The fraction of sp³-hybridized carbons (Fsp3) is 0.833. The minimum Gasteiger partial charge on any atom is -0.351 e. The molecule has 0 aromatic rings. The normalized spacial score (nSPS) is 12.7. The van der Waals surface area contributed by atoms with Crippen molar-refractivity contribution in [3.8, 4) is 0 Å². The number of amides is 1. The van der Waals surface area contributed by atoms with Crippen molar-refractivity contribution in [1.29, 1.82) is 0 Å². The van der Waals surface area contributed by atoms with Crippen LogP contribution in [0.3, 0.4) is 0 Å². The second-order valence-electron chi connectivity index (χ2n) is 2.23. The first kappa shape index (κ1) is 9.39. The van der Waals surface area contributed by atoms with Crippen LogP contribution in [-0.4, -0.2) is 32.1 Å². The maximum Gasteiger partial charge on any atom is 0.233 e. The molecule has 0 aliphatic heterocycles. The van der Waals surface area contributed by atoms with Crippen LogP contribution >= 0.6 is 0 Å². The second kappa shape index (κ2) is 5.20. The summed E-state index contributed by atoms with van der Waals surface area (Å²) in [4.78, 5) is 10.6. The fourth-order valence-electron chi connectivity index (χ4n) is 0.691. The molecule has 0 aromatic heterocycles. The summed E-state index contributed by atoms with van der Waals surface area (Å²) in [6.07, 6.45) is 0. The molecule has 1 unspecified atom stereocenters. The number of hydrogen-bond donors (Lipinski definition) is 3. The Hall–Kier alpha value is -0.610. The predicted octanol–water partition coefficient (Wildman–Crippen LogP) is -1.33. The fourth-order valence-corrected chi connectivity index (χ4v) is 0.691. The van der Waals surface area contributed by atoms with Gasteiger partial charge in [-0.05, 0) is 14.0 Å². The molecule has 1 atom stereocenters. The van der Waals surface area contributed by atoms with Gasteiger partial charge < -0.3 is 16.4 Å². The number of carbonyl (C=O) groups is 1. The molecule has 10 heavy (non-hydrogen) atoms. The zero-order valence-corrected chi connectivity index (χ0v) is 6.48.